The van der Waals surface area contributed by atoms with Crippen LogP contribution in [0.5, 0.6) is 23.5 Å². The maximum atomic E-state index is 12.8. The van der Waals surface area contributed by atoms with Crippen LogP contribution in [-0.4, -0.2) is 180 Å². The molecule has 0 saturated heterocycles. The molecule has 6 N–H and O–H groups in total. The Morgan fingerprint density at radius 1 is 0.529 bits per heavy atom. The molecular formula is C69H81ClLiN16O17-. The summed E-state index contributed by atoms with van der Waals surface area (Å²) in [6.07, 6.45) is 6.99. The number of anilines is 3. The Bertz CT molecular complexity index is 4200. The summed E-state index contributed by atoms with van der Waals surface area (Å²) in [5, 5.41) is 22.7. The summed E-state index contributed by atoms with van der Waals surface area (Å²) in [4.78, 5) is 121. The monoisotopic (exact) mass is 1450 g/mol. The molecule has 8 aromatic rings. The van der Waals surface area contributed by atoms with Crippen LogP contribution in [0.4, 0.5) is 26.8 Å². The van der Waals surface area contributed by atoms with Crippen molar-refractivity contribution in [3.63, 3.8) is 0 Å². The van der Waals surface area contributed by atoms with Gasteiger partial charge < -0.3 is 79.0 Å². The van der Waals surface area contributed by atoms with Crippen LogP contribution in [0, 0.1) is 0 Å². The first-order chi connectivity index (χ1) is 48.0. The van der Waals surface area contributed by atoms with Crippen molar-refractivity contribution < 1.29 is 99.9 Å². The van der Waals surface area contributed by atoms with Gasteiger partial charge in [-0.25, -0.2) is 34.5 Å². The largest absolute Gasteiger partial charge is 1.00 e. The van der Waals surface area contributed by atoms with Crippen LogP contribution in [0.3, 0.4) is 0 Å². The van der Waals surface area contributed by atoms with Crippen LogP contribution in [0.15, 0.2) is 137 Å². The molecule has 0 fully saturated rings. The van der Waals surface area contributed by atoms with Gasteiger partial charge >= 0.3 is 42.8 Å². The van der Waals surface area contributed by atoms with E-state index in [2.05, 4.69) is 61.3 Å². The van der Waals surface area contributed by atoms with Crippen molar-refractivity contribution in [3.8, 4) is 23.5 Å². The summed E-state index contributed by atoms with van der Waals surface area (Å²) in [5.74, 6) is 0.525. The Morgan fingerprint density at radius 3 is 1.50 bits per heavy atom. The Kier molecular flexibility index (Phi) is 30.4. The predicted molar refractivity (Wildman–Crippen MR) is 371 cm³/mol. The third-order valence-corrected chi connectivity index (χ3v) is 14.9. The number of carbonyl (C=O) groups is 7. The molecule has 0 saturated carbocycles. The number of nitrogens with zero attached hydrogens (tertiary/aromatic N) is 12. The number of nitrogens with two attached hydrogens (primary N) is 1. The van der Waals surface area contributed by atoms with E-state index in [1.807, 2.05) is 60.7 Å². The second kappa shape index (κ2) is 37.8. The molecule has 0 spiro atoms. The van der Waals surface area contributed by atoms with Gasteiger partial charge in [0.25, 0.3) is 17.7 Å². The second-order valence-electron chi connectivity index (χ2n) is 25.1. The molecule has 2 aromatic carbocycles. The summed E-state index contributed by atoms with van der Waals surface area (Å²) in [6.45, 7) is 17.4. The zero-order valence-corrected chi connectivity index (χ0v) is 60.5. The normalized spacial score (nSPS) is 19.2. The quantitative estimate of drug-likeness (QED) is 0.119. The number of halogens is 1. The van der Waals surface area contributed by atoms with Crippen molar-refractivity contribution in [1.29, 1.82) is 0 Å². The Hall–Kier alpha value is -11.0. The molecule has 104 heavy (non-hydrogen) atoms. The number of hydrogen-bond donors (Lipinski definition) is 4. The van der Waals surface area contributed by atoms with Crippen molar-refractivity contribution in [2.75, 3.05) is 35.8 Å². The molecule has 4 aliphatic heterocycles. The average Bonchev–Trinajstić information content (AvgIpc) is 1.65. The SMILES string of the molecule is C[C@H]1Oc2ncccc2CC(=O)[C@H]1NC(=O)OC(C)(C)C.C[C@H]1Oc2ncccc2N(C)C(=O)[C@H]1N.C[C@H]1Oc2ncccc2N(C)C(=O)[C@H]1NC(=O)OC(C)(C)C.C[C@H]1Oc2nccnc2N(C)C(=O)[C@H]1NC(=O)c1nnc(Cc2ccccc2)o1.Cl.O=[C-]c1nnc(Cc2ccccc2)o1.[Li+].[OH-]. The molecular weight excluding hydrogens is 1370 g/mol. The molecule has 33 nitrogen and oxygen atoms in total. The smallest absolute Gasteiger partial charge is 0.870 e. The molecule has 548 valence electrons. The topological polar surface area (TPSA) is 436 Å². The van der Waals surface area contributed by atoms with Crippen LogP contribution >= 0.6 is 12.4 Å². The number of ether oxygens (including phenoxy) is 6. The van der Waals surface area contributed by atoms with Crippen molar-refractivity contribution in [3.05, 3.63) is 168 Å². The minimum absolute atomic E-state index is 0. The second-order valence-corrected chi connectivity index (χ2v) is 25.1. The molecule has 0 radical (unpaired) electrons. The number of Topliss-reactive ketones (excluding diaryl/α,β-unsaturated/α-hetero) is 1. The van der Waals surface area contributed by atoms with E-state index >= 15 is 0 Å². The predicted octanol–water partition coefficient (Wildman–Crippen LogP) is 3.10. The molecule has 10 heterocycles. The van der Waals surface area contributed by atoms with E-state index in [9.17, 15) is 38.4 Å². The Balaban J connectivity index is 0.000000237. The number of aromatic nitrogens is 9. The van der Waals surface area contributed by atoms with Crippen LogP contribution < -0.4 is 74.2 Å². The van der Waals surface area contributed by atoms with E-state index < -0.39 is 77.7 Å². The maximum absolute atomic E-state index is 12.8. The van der Waals surface area contributed by atoms with E-state index in [1.165, 1.54) is 27.1 Å². The minimum Gasteiger partial charge on any atom is -0.870 e. The summed E-state index contributed by atoms with van der Waals surface area (Å²) in [5.41, 5.74) is 8.47. The third-order valence-electron chi connectivity index (χ3n) is 14.9. The van der Waals surface area contributed by atoms with E-state index in [0.29, 0.717) is 53.6 Å². The number of pyridine rings is 3. The van der Waals surface area contributed by atoms with Crippen LogP contribution in [-0.2, 0) is 52.7 Å². The van der Waals surface area contributed by atoms with Gasteiger partial charge in [0, 0.05) is 64.1 Å². The third kappa shape index (κ3) is 23.0. The molecule has 35 heteroatoms. The minimum atomic E-state index is -0.979. The summed E-state index contributed by atoms with van der Waals surface area (Å²) in [7, 11) is 4.83. The van der Waals surface area contributed by atoms with Gasteiger partial charge in [-0.3, -0.25) is 28.9 Å². The summed E-state index contributed by atoms with van der Waals surface area (Å²) < 4.78 is 43.4. The average molecular weight is 1450 g/mol. The van der Waals surface area contributed by atoms with Crippen LogP contribution in [0.25, 0.3) is 0 Å². The summed E-state index contributed by atoms with van der Waals surface area (Å²) >= 11 is 0. The van der Waals surface area contributed by atoms with Gasteiger partial charge in [0.05, 0.1) is 12.8 Å². The number of benzene rings is 2. The van der Waals surface area contributed by atoms with E-state index in [0.717, 1.165) is 16.7 Å². The van der Waals surface area contributed by atoms with E-state index in [4.69, 9.17) is 43.0 Å². The fraction of sp³-hybridized carbons (Fsp3) is 0.377. The van der Waals surface area contributed by atoms with Gasteiger partial charge in [-0.05, 0) is 111 Å². The van der Waals surface area contributed by atoms with E-state index in [1.54, 1.807) is 152 Å². The van der Waals surface area contributed by atoms with Crippen molar-refractivity contribution in [2.45, 2.75) is 148 Å². The van der Waals surface area contributed by atoms with Gasteiger partial charge in [-0.2, -0.15) is 6.29 Å². The van der Waals surface area contributed by atoms with Gasteiger partial charge in [-0.15, -0.1) is 32.8 Å². The zero-order chi connectivity index (χ0) is 73.3. The maximum Gasteiger partial charge on any atom is 1.00 e. The fourth-order valence-corrected chi connectivity index (χ4v) is 9.83. The summed E-state index contributed by atoms with van der Waals surface area (Å²) in [6, 6.07) is 26.6. The van der Waals surface area contributed by atoms with Gasteiger partial charge in [0.1, 0.15) is 77.1 Å². The Morgan fingerprint density at radius 2 is 0.962 bits per heavy atom. The molecule has 6 amide bonds. The molecule has 4 aliphatic rings. The number of fused-ring (bicyclic) bond motifs is 4. The van der Waals surface area contributed by atoms with Gasteiger partial charge in [0.2, 0.25) is 35.3 Å². The van der Waals surface area contributed by atoms with Gasteiger partial charge in [0.15, 0.2) is 11.6 Å². The molecule has 0 aliphatic carbocycles. The van der Waals surface area contributed by atoms with Crippen molar-refractivity contribution in [2.24, 2.45) is 5.73 Å². The molecule has 0 bridgehead atoms. The first-order valence-corrected chi connectivity index (χ1v) is 31.8. The van der Waals surface area contributed by atoms with Crippen LogP contribution in [0.2, 0.25) is 0 Å². The first-order valence-electron chi connectivity index (χ1n) is 31.8. The van der Waals surface area contributed by atoms with Crippen molar-refractivity contribution >= 4 is 77.5 Å². The number of amides is 6. The Labute approximate surface area is 617 Å². The number of carbonyl (C=O) groups excluding carboxylic acids is 8. The van der Waals surface area contributed by atoms with Crippen molar-refractivity contribution in [1.82, 2.24) is 61.3 Å². The van der Waals surface area contributed by atoms with E-state index in [-0.39, 0.29) is 90.3 Å². The first kappa shape index (κ1) is 83.7. The standard InChI is InChI=1S/C19H18N6O4.C15H21N3O4.C15H20N2O4.C10H13N3O2.C10H7N2O2.ClH.Li.H2O/c1-11-14(19(27)25(2)15-17(28-11)21-9-8-20-15)22-16(26)18-24-23-13(29-18)10-12-6-4-3-5-7-12;1-9-11(17-14(20)22-15(2,3)4)13(19)18(5)10-7-6-8-16-12(10)21-9;1-9-12(17-14(19)21-15(2,3)4)11(18)8-10-6-5-7-16-13(10)20-9;1-6-8(11)10(14)13(2)7-4-3-5-12-9(7)15-6;13-7-10-12-11-9(14-10)6-8-4-2-1-3-5-8;;;/h3-9,11,14H,10H2,1-2H3,(H,22,26);6-9,11H,1-5H3,(H,17,20);5-7,9,12H,8H2,1-4H3,(H,17,19);3-6,8H,11H2,1-2H3;1-5H,6H2;1H;;1H2/q;;;;-1;;+1;/p-1/t11-,14+;9-,11+;9-,12+;6-,8+;;;;/m1111..../s1. The fourth-order valence-electron chi connectivity index (χ4n) is 9.83. The molecule has 6 aromatic heterocycles. The number of likely N-dealkylation sites (N-methyl/N-ethyl adjacent to an activating group) is 3. The molecule has 12 rings (SSSR count). The number of ketones is 1. The number of hydrogen-bond acceptors (Lipinski definition) is 27. The van der Waals surface area contributed by atoms with Crippen LogP contribution in [0.1, 0.15) is 114 Å². The number of nitrogens with one attached hydrogen (secondary N) is 3. The zero-order valence-electron chi connectivity index (χ0n) is 59.7. The number of alkyl carbamates (subject to hydrolysis) is 2. The molecule has 0 unspecified atom stereocenters. The van der Waals surface area contributed by atoms with Gasteiger partial charge in [-0.1, -0.05) is 66.7 Å². The molecule has 8 atom stereocenters. The number of rotatable bonds is 9.